The number of amides is 1. The summed E-state index contributed by atoms with van der Waals surface area (Å²) < 4.78 is 27.4. The summed E-state index contributed by atoms with van der Waals surface area (Å²) in [6.45, 7) is 5.01. The fraction of sp³-hybridized carbons (Fsp3) is 0.222. The summed E-state index contributed by atoms with van der Waals surface area (Å²) >= 11 is 0. The molecule has 2 rings (SSSR count). The van der Waals surface area contributed by atoms with Gasteiger partial charge in [0.1, 0.15) is 11.0 Å². The molecule has 0 unspecified atom stereocenters. The molecule has 0 aliphatic carbocycles. The Hall–Kier alpha value is -2.85. The van der Waals surface area contributed by atoms with Crippen LogP contribution in [0, 0.1) is 11.3 Å². The van der Waals surface area contributed by atoms with E-state index >= 15 is 0 Å². The smallest absolute Gasteiger partial charge is 0.263 e. The van der Waals surface area contributed by atoms with Crippen molar-refractivity contribution in [3.63, 3.8) is 0 Å². The number of benzene rings is 2. The average Bonchev–Trinajstić information content (AvgIpc) is 2.63. The normalized spacial score (nSPS) is 10.8. The van der Waals surface area contributed by atoms with Crippen molar-refractivity contribution in [1.82, 2.24) is 4.90 Å². The number of hydrogen-bond acceptors (Lipinski definition) is 4. The molecule has 2 aromatic carbocycles. The molecule has 0 radical (unpaired) electrons. The Morgan fingerprint density at radius 1 is 1.08 bits per heavy atom. The minimum Gasteiger partial charge on any atom is -0.339 e. The van der Waals surface area contributed by atoms with Crippen LogP contribution in [-0.2, 0) is 10.0 Å². The van der Waals surface area contributed by atoms with Gasteiger partial charge in [-0.2, -0.15) is 5.26 Å². The standard InChI is InChI=1S/C18H19N3O3S/c1-3-21(4-2)18(22)14-9-11-16(12-10-14)20-25(23,24)17-8-6-5-7-15(17)13-19/h5-12,20H,3-4H2,1-2H3. The lowest BCUT2D eigenvalue weighted by Gasteiger charge is -2.18. The molecule has 0 fully saturated rings. The lowest BCUT2D eigenvalue weighted by atomic mass is 10.2. The van der Waals surface area contributed by atoms with Gasteiger partial charge < -0.3 is 4.90 Å². The Balaban J connectivity index is 2.24. The summed E-state index contributed by atoms with van der Waals surface area (Å²) in [6.07, 6.45) is 0. The summed E-state index contributed by atoms with van der Waals surface area (Å²) in [5.41, 5.74) is 0.885. The maximum Gasteiger partial charge on any atom is 0.263 e. The van der Waals surface area contributed by atoms with E-state index in [1.54, 1.807) is 29.2 Å². The molecule has 2 aromatic rings. The van der Waals surface area contributed by atoms with Crippen LogP contribution in [0.1, 0.15) is 29.8 Å². The third kappa shape index (κ3) is 4.17. The van der Waals surface area contributed by atoms with Gasteiger partial charge in [-0.25, -0.2) is 8.42 Å². The third-order valence-electron chi connectivity index (χ3n) is 3.73. The first-order valence-corrected chi connectivity index (χ1v) is 9.32. The van der Waals surface area contributed by atoms with Crippen LogP contribution in [0.4, 0.5) is 5.69 Å². The Labute approximate surface area is 147 Å². The van der Waals surface area contributed by atoms with E-state index in [0.29, 0.717) is 24.3 Å². The molecule has 0 aliphatic rings. The number of carbonyl (C=O) groups excluding carboxylic acids is 1. The second-order valence-electron chi connectivity index (χ2n) is 5.27. The molecule has 0 atom stereocenters. The van der Waals surface area contributed by atoms with Crippen LogP contribution in [0.2, 0.25) is 0 Å². The average molecular weight is 357 g/mol. The van der Waals surface area contributed by atoms with E-state index in [1.807, 2.05) is 19.9 Å². The molecule has 0 heterocycles. The summed E-state index contributed by atoms with van der Waals surface area (Å²) in [4.78, 5) is 13.9. The van der Waals surface area contributed by atoms with Crippen molar-refractivity contribution in [2.75, 3.05) is 17.8 Å². The van der Waals surface area contributed by atoms with Gasteiger partial charge in [0.05, 0.1) is 5.56 Å². The number of carbonyl (C=O) groups is 1. The van der Waals surface area contributed by atoms with Crippen LogP contribution in [0.5, 0.6) is 0 Å². The third-order valence-corrected chi connectivity index (χ3v) is 5.17. The summed E-state index contributed by atoms with van der Waals surface area (Å²) in [5, 5.41) is 9.06. The van der Waals surface area contributed by atoms with E-state index in [2.05, 4.69) is 4.72 Å². The monoisotopic (exact) mass is 357 g/mol. The van der Waals surface area contributed by atoms with E-state index in [0.717, 1.165) is 0 Å². The van der Waals surface area contributed by atoms with Gasteiger partial charge in [-0.15, -0.1) is 0 Å². The summed E-state index contributed by atoms with van der Waals surface area (Å²) in [5.74, 6) is -0.103. The van der Waals surface area contributed by atoms with Gasteiger partial charge in [-0.3, -0.25) is 9.52 Å². The highest BCUT2D eigenvalue weighted by molar-refractivity contribution is 7.92. The van der Waals surface area contributed by atoms with Crippen molar-refractivity contribution >= 4 is 21.6 Å². The van der Waals surface area contributed by atoms with Gasteiger partial charge in [-0.1, -0.05) is 12.1 Å². The van der Waals surface area contributed by atoms with Crippen LogP contribution in [0.15, 0.2) is 53.4 Å². The van der Waals surface area contributed by atoms with Gasteiger partial charge in [0.2, 0.25) is 0 Å². The number of anilines is 1. The molecular formula is C18H19N3O3S. The number of nitrogens with zero attached hydrogens (tertiary/aromatic N) is 2. The highest BCUT2D eigenvalue weighted by Gasteiger charge is 2.19. The molecular weight excluding hydrogens is 338 g/mol. The number of sulfonamides is 1. The van der Waals surface area contributed by atoms with Crippen LogP contribution >= 0.6 is 0 Å². The molecule has 0 aliphatic heterocycles. The molecule has 130 valence electrons. The van der Waals surface area contributed by atoms with E-state index in [9.17, 15) is 13.2 Å². The van der Waals surface area contributed by atoms with Crippen LogP contribution in [0.3, 0.4) is 0 Å². The molecule has 25 heavy (non-hydrogen) atoms. The Morgan fingerprint density at radius 2 is 1.68 bits per heavy atom. The predicted molar refractivity (Wildman–Crippen MR) is 95.7 cm³/mol. The minimum absolute atomic E-state index is 0.0725. The molecule has 0 saturated heterocycles. The fourth-order valence-corrected chi connectivity index (χ4v) is 3.59. The van der Waals surface area contributed by atoms with Gasteiger partial charge >= 0.3 is 0 Å². The maximum absolute atomic E-state index is 12.5. The summed E-state index contributed by atoms with van der Waals surface area (Å²) in [6, 6.07) is 14.1. The Kier molecular flexibility index (Phi) is 5.78. The lowest BCUT2D eigenvalue weighted by molar-refractivity contribution is 0.0773. The van der Waals surface area contributed by atoms with E-state index < -0.39 is 10.0 Å². The zero-order chi connectivity index (χ0) is 18.4. The highest BCUT2D eigenvalue weighted by atomic mass is 32.2. The van der Waals surface area contributed by atoms with Gasteiger partial charge in [0, 0.05) is 24.3 Å². The molecule has 7 heteroatoms. The van der Waals surface area contributed by atoms with Crippen molar-refractivity contribution in [1.29, 1.82) is 5.26 Å². The van der Waals surface area contributed by atoms with Crippen molar-refractivity contribution in [3.05, 3.63) is 59.7 Å². The Bertz CT molecular complexity index is 896. The first kappa shape index (κ1) is 18.5. The molecule has 1 amide bonds. The lowest BCUT2D eigenvalue weighted by Crippen LogP contribution is -2.30. The van der Waals surface area contributed by atoms with Crippen LogP contribution in [-0.4, -0.2) is 32.3 Å². The highest BCUT2D eigenvalue weighted by Crippen LogP contribution is 2.20. The minimum atomic E-state index is -3.88. The topological polar surface area (TPSA) is 90.3 Å². The van der Waals surface area contributed by atoms with Crippen molar-refractivity contribution in [3.8, 4) is 6.07 Å². The van der Waals surface area contributed by atoms with Crippen molar-refractivity contribution in [2.24, 2.45) is 0 Å². The van der Waals surface area contributed by atoms with Gasteiger partial charge in [0.25, 0.3) is 15.9 Å². The zero-order valence-corrected chi connectivity index (χ0v) is 14.9. The maximum atomic E-state index is 12.5. The molecule has 0 aromatic heterocycles. The number of rotatable bonds is 6. The molecule has 0 bridgehead atoms. The predicted octanol–water partition coefficient (Wildman–Crippen LogP) is 2.84. The van der Waals surface area contributed by atoms with Crippen molar-refractivity contribution < 1.29 is 13.2 Å². The van der Waals surface area contributed by atoms with Crippen molar-refractivity contribution in [2.45, 2.75) is 18.7 Å². The van der Waals surface area contributed by atoms with Gasteiger partial charge in [-0.05, 0) is 50.2 Å². The van der Waals surface area contributed by atoms with E-state index in [4.69, 9.17) is 5.26 Å². The number of nitriles is 1. The van der Waals surface area contributed by atoms with Crippen LogP contribution in [0.25, 0.3) is 0 Å². The van der Waals surface area contributed by atoms with Gasteiger partial charge in [0.15, 0.2) is 0 Å². The SMILES string of the molecule is CCN(CC)C(=O)c1ccc(NS(=O)(=O)c2ccccc2C#N)cc1. The van der Waals surface area contributed by atoms with E-state index in [-0.39, 0.29) is 16.4 Å². The summed E-state index contributed by atoms with van der Waals surface area (Å²) in [7, 11) is -3.88. The first-order chi connectivity index (χ1) is 11.9. The largest absolute Gasteiger partial charge is 0.339 e. The van der Waals surface area contributed by atoms with E-state index in [1.165, 1.54) is 24.3 Å². The fourth-order valence-electron chi connectivity index (χ4n) is 2.38. The molecule has 0 saturated carbocycles. The van der Waals surface area contributed by atoms with Crippen LogP contribution < -0.4 is 4.72 Å². The molecule has 0 spiro atoms. The zero-order valence-electron chi connectivity index (χ0n) is 14.1. The number of hydrogen-bond donors (Lipinski definition) is 1. The second kappa shape index (κ2) is 7.81. The second-order valence-corrected chi connectivity index (χ2v) is 6.92. The Morgan fingerprint density at radius 3 is 2.24 bits per heavy atom. The molecule has 1 N–H and O–H groups in total. The first-order valence-electron chi connectivity index (χ1n) is 7.84. The quantitative estimate of drug-likeness (QED) is 0.861. The number of nitrogens with one attached hydrogen (secondary N) is 1. The molecule has 6 nitrogen and oxygen atoms in total.